The first kappa shape index (κ1) is 13.5. The molecule has 21 heavy (non-hydrogen) atoms. The first-order chi connectivity index (χ1) is 10.1. The lowest BCUT2D eigenvalue weighted by molar-refractivity contribution is 0.0699. The number of hydrogen-bond donors (Lipinski definition) is 2. The van der Waals surface area contributed by atoms with Crippen LogP contribution >= 0.6 is 11.6 Å². The fourth-order valence-electron chi connectivity index (χ4n) is 2.51. The molecule has 0 aliphatic rings. The Kier molecular flexibility index (Phi) is 3.31. The highest BCUT2D eigenvalue weighted by atomic mass is 35.5. The number of carboxylic acid groups (broad SMARTS) is 1. The highest BCUT2D eigenvalue weighted by Crippen LogP contribution is 2.38. The molecule has 0 unspecified atom stereocenters. The zero-order valence-corrected chi connectivity index (χ0v) is 11.9. The van der Waals surface area contributed by atoms with Crippen LogP contribution < -0.4 is 4.74 Å². The Morgan fingerprint density at radius 3 is 2.57 bits per heavy atom. The minimum Gasteiger partial charge on any atom is -0.496 e. The molecule has 3 aromatic rings. The van der Waals surface area contributed by atoms with E-state index in [4.69, 9.17) is 16.3 Å². The molecule has 0 spiro atoms. The summed E-state index contributed by atoms with van der Waals surface area (Å²) in [5.41, 5.74) is 2.35. The maximum absolute atomic E-state index is 11.5. The summed E-state index contributed by atoms with van der Waals surface area (Å²) in [7, 11) is 1.58. The van der Waals surface area contributed by atoms with Crippen LogP contribution in [-0.4, -0.2) is 23.2 Å². The monoisotopic (exact) mass is 301 g/mol. The van der Waals surface area contributed by atoms with E-state index in [2.05, 4.69) is 4.98 Å². The van der Waals surface area contributed by atoms with Gasteiger partial charge in [-0.25, -0.2) is 4.79 Å². The van der Waals surface area contributed by atoms with Gasteiger partial charge in [0.25, 0.3) is 0 Å². The van der Waals surface area contributed by atoms with Gasteiger partial charge >= 0.3 is 5.97 Å². The topological polar surface area (TPSA) is 62.3 Å². The molecule has 0 saturated heterocycles. The number of halogens is 1. The van der Waals surface area contributed by atoms with Crippen molar-refractivity contribution >= 4 is 28.5 Å². The Hall–Kier alpha value is -2.46. The molecule has 0 radical (unpaired) electrons. The Labute approximate surface area is 125 Å². The number of methoxy groups -OCH3 is 1. The molecule has 2 aromatic carbocycles. The summed E-state index contributed by atoms with van der Waals surface area (Å²) in [5.74, 6) is -0.382. The van der Waals surface area contributed by atoms with E-state index in [9.17, 15) is 9.90 Å². The second-order valence-electron chi connectivity index (χ2n) is 4.55. The summed E-state index contributed by atoms with van der Waals surface area (Å²) in [6.45, 7) is 0. The van der Waals surface area contributed by atoms with Crippen LogP contribution in [-0.2, 0) is 0 Å². The smallest absolute Gasteiger partial charge is 0.339 e. The van der Waals surface area contributed by atoms with Crippen molar-refractivity contribution in [2.24, 2.45) is 0 Å². The number of para-hydroxylation sites is 1. The van der Waals surface area contributed by atoms with Crippen LogP contribution in [0.3, 0.4) is 0 Å². The molecule has 0 bridgehead atoms. The number of fused-ring (bicyclic) bond motifs is 1. The number of benzene rings is 2. The second kappa shape index (κ2) is 5.14. The van der Waals surface area contributed by atoms with Crippen molar-refractivity contribution in [3.05, 3.63) is 53.2 Å². The van der Waals surface area contributed by atoms with E-state index in [1.807, 2.05) is 36.4 Å². The van der Waals surface area contributed by atoms with Gasteiger partial charge in [0, 0.05) is 16.5 Å². The van der Waals surface area contributed by atoms with Gasteiger partial charge in [-0.1, -0.05) is 41.9 Å². The quantitative estimate of drug-likeness (QED) is 0.762. The Morgan fingerprint density at radius 2 is 1.86 bits per heavy atom. The lowest BCUT2D eigenvalue weighted by Crippen LogP contribution is -1.97. The molecule has 3 rings (SSSR count). The largest absolute Gasteiger partial charge is 0.496 e. The van der Waals surface area contributed by atoms with Gasteiger partial charge in [-0.3, -0.25) is 0 Å². The van der Waals surface area contributed by atoms with Crippen LogP contribution in [0.15, 0.2) is 42.5 Å². The maximum Gasteiger partial charge on any atom is 0.339 e. The number of hydrogen-bond acceptors (Lipinski definition) is 2. The predicted octanol–water partition coefficient (Wildman–Crippen LogP) is 4.20. The fraction of sp³-hybridized carbons (Fsp3) is 0.0625. The molecule has 2 N–H and O–H groups in total. The van der Waals surface area contributed by atoms with E-state index >= 15 is 0 Å². The Bertz CT molecular complexity index is 839. The number of rotatable bonds is 3. The van der Waals surface area contributed by atoms with Crippen LogP contribution in [0.1, 0.15) is 10.4 Å². The van der Waals surface area contributed by atoms with Gasteiger partial charge in [0.1, 0.15) is 16.5 Å². The number of aromatic carboxylic acids is 1. The van der Waals surface area contributed by atoms with Crippen LogP contribution in [0.2, 0.25) is 5.15 Å². The average molecular weight is 302 g/mol. The van der Waals surface area contributed by atoms with Gasteiger partial charge in [-0.2, -0.15) is 0 Å². The third kappa shape index (κ3) is 2.14. The Morgan fingerprint density at radius 1 is 1.14 bits per heavy atom. The molecule has 1 aromatic heterocycles. The zero-order chi connectivity index (χ0) is 15.0. The van der Waals surface area contributed by atoms with E-state index in [0.29, 0.717) is 16.7 Å². The van der Waals surface area contributed by atoms with Crippen LogP contribution in [0.25, 0.3) is 22.0 Å². The average Bonchev–Trinajstić information content (AvgIpc) is 2.83. The van der Waals surface area contributed by atoms with Crippen molar-refractivity contribution in [2.45, 2.75) is 0 Å². The number of aromatic nitrogens is 1. The van der Waals surface area contributed by atoms with Gasteiger partial charge in [-0.05, 0) is 17.7 Å². The SMILES string of the molecule is COc1ccccc1-c1cccc2[nH]c(Cl)c(C(=O)O)c12. The normalized spacial score (nSPS) is 10.8. The van der Waals surface area contributed by atoms with Crippen molar-refractivity contribution in [3.8, 4) is 16.9 Å². The third-order valence-corrected chi connectivity index (χ3v) is 3.67. The number of ether oxygens (including phenoxy) is 1. The minimum absolute atomic E-state index is 0.0770. The predicted molar refractivity (Wildman–Crippen MR) is 82.3 cm³/mol. The minimum atomic E-state index is -1.06. The van der Waals surface area contributed by atoms with Crippen LogP contribution in [0.5, 0.6) is 5.75 Å². The summed E-state index contributed by atoms with van der Waals surface area (Å²) in [6, 6.07) is 13.0. The number of carbonyl (C=O) groups is 1. The molecule has 4 nitrogen and oxygen atoms in total. The van der Waals surface area contributed by atoms with E-state index in [1.165, 1.54) is 0 Å². The van der Waals surface area contributed by atoms with Crippen LogP contribution in [0, 0.1) is 0 Å². The van der Waals surface area contributed by atoms with E-state index in [0.717, 1.165) is 11.1 Å². The standard InChI is InChI=1S/C16H12ClNO3/c1-21-12-8-3-2-5-9(12)10-6-4-7-11-13(10)14(16(19)20)15(17)18-11/h2-8,18H,1H3,(H,19,20). The summed E-state index contributed by atoms with van der Waals surface area (Å²) < 4.78 is 5.37. The van der Waals surface area contributed by atoms with Crippen molar-refractivity contribution in [1.29, 1.82) is 0 Å². The molecule has 0 aliphatic carbocycles. The summed E-state index contributed by atoms with van der Waals surface area (Å²) in [4.78, 5) is 14.4. The number of nitrogens with one attached hydrogen (secondary N) is 1. The van der Waals surface area contributed by atoms with Crippen molar-refractivity contribution in [1.82, 2.24) is 4.98 Å². The fourth-order valence-corrected chi connectivity index (χ4v) is 2.79. The zero-order valence-electron chi connectivity index (χ0n) is 11.2. The van der Waals surface area contributed by atoms with Gasteiger partial charge in [0.05, 0.1) is 7.11 Å². The molecule has 106 valence electrons. The maximum atomic E-state index is 11.5. The molecule has 0 atom stereocenters. The third-order valence-electron chi connectivity index (χ3n) is 3.39. The van der Waals surface area contributed by atoms with Gasteiger partial charge < -0.3 is 14.8 Å². The van der Waals surface area contributed by atoms with Crippen molar-refractivity contribution < 1.29 is 14.6 Å². The van der Waals surface area contributed by atoms with Gasteiger partial charge in [0.15, 0.2) is 0 Å². The lowest BCUT2D eigenvalue weighted by Gasteiger charge is -2.10. The summed E-state index contributed by atoms with van der Waals surface area (Å²) >= 11 is 6.03. The highest BCUT2D eigenvalue weighted by Gasteiger charge is 2.20. The van der Waals surface area contributed by atoms with E-state index in [-0.39, 0.29) is 10.7 Å². The molecule has 0 aliphatic heterocycles. The van der Waals surface area contributed by atoms with Gasteiger partial charge in [0.2, 0.25) is 0 Å². The number of carboxylic acids is 1. The van der Waals surface area contributed by atoms with Gasteiger partial charge in [-0.15, -0.1) is 0 Å². The van der Waals surface area contributed by atoms with Crippen LogP contribution in [0.4, 0.5) is 0 Å². The lowest BCUT2D eigenvalue weighted by atomic mass is 9.98. The highest BCUT2D eigenvalue weighted by molar-refractivity contribution is 6.35. The summed E-state index contributed by atoms with van der Waals surface area (Å²) in [6.07, 6.45) is 0. The summed E-state index contributed by atoms with van der Waals surface area (Å²) in [5, 5.41) is 10.1. The number of H-pyrrole nitrogens is 1. The molecule has 5 heteroatoms. The molecule has 0 amide bonds. The second-order valence-corrected chi connectivity index (χ2v) is 4.93. The molecule has 1 heterocycles. The molecule has 0 saturated carbocycles. The molecular weight excluding hydrogens is 290 g/mol. The Balaban J connectivity index is 2.40. The number of aromatic amines is 1. The molecule has 0 fully saturated rings. The van der Waals surface area contributed by atoms with E-state index in [1.54, 1.807) is 13.2 Å². The van der Waals surface area contributed by atoms with Crippen molar-refractivity contribution in [3.63, 3.8) is 0 Å². The molecular formula is C16H12ClNO3. The first-order valence-electron chi connectivity index (χ1n) is 6.30. The van der Waals surface area contributed by atoms with Crippen molar-refractivity contribution in [2.75, 3.05) is 7.11 Å². The van der Waals surface area contributed by atoms with E-state index < -0.39 is 5.97 Å². The first-order valence-corrected chi connectivity index (χ1v) is 6.68.